The molecular formula is C10H18N4O. The van der Waals surface area contributed by atoms with E-state index < -0.39 is 0 Å². The highest BCUT2D eigenvalue weighted by molar-refractivity contribution is 5.26. The zero-order valence-electron chi connectivity index (χ0n) is 9.74. The number of methoxy groups -OCH3 is 1. The molecule has 84 valence electrons. The molecule has 0 spiro atoms. The maximum Gasteiger partial charge on any atom is 0.243 e. The minimum Gasteiger partial charge on any atom is -0.383 e. The number of ether oxygens (including phenoxy) is 1. The van der Waals surface area contributed by atoms with E-state index in [9.17, 15) is 0 Å². The van der Waals surface area contributed by atoms with Crippen molar-refractivity contribution < 1.29 is 4.74 Å². The fourth-order valence-corrected chi connectivity index (χ4v) is 1.16. The van der Waals surface area contributed by atoms with Gasteiger partial charge < -0.3 is 10.1 Å². The zero-order chi connectivity index (χ0) is 11.3. The molecule has 1 aromatic heterocycles. The van der Waals surface area contributed by atoms with E-state index in [1.54, 1.807) is 7.11 Å². The highest BCUT2D eigenvalue weighted by Crippen LogP contribution is 2.05. The molecule has 1 unspecified atom stereocenters. The van der Waals surface area contributed by atoms with Crippen LogP contribution in [0.25, 0.3) is 0 Å². The molecule has 5 heteroatoms. The second-order valence-corrected chi connectivity index (χ2v) is 3.51. The summed E-state index contributed by atoms with van der Waals surface area (Å²) in [7, 11) is 1.68. The van der Waals surface area contributed by atoms with Crippen molar-refractivity contribution >= 4 is 5.95 Å². The Balaban J connectivity index is 2.66. The van der Waals surface area contributed by atoms with Crippen molar-refractivity contribution in [2.45, 2.75) is 33.2 Å². The number of hydrogen-bond donors (Lipinski definition) is 1. The van der Waals surface area contributed by atoms with E-state index in [4.69, 9.17) is 4.74 Å². The fourth-order valence-electron chi connectivity index (χ4n) is 1.16. The van der Waals surface area contributed by atoms with Gasteiger partial charge in [0.25, 0.3) is 0 Å². The summed E-state index contributed by atoms with van der Waals surface area (Å²) in [6.45, 7) is 6.55. The maximum atomic E-state index is 5.08. The topological polar surface area (TPSA) is 59.9 Å². The molecule has 0 saturated carbocycles. The summed E-state index contributed by atoms with van der Waals surface area (Å²) in [5.41, 5.74) is 1.76. The van der Waals surface area contributed by atoms with Crippen molar-refractivity contribution in [2.75, 3.05) is 19.0 Å². The van der Waals surface area contributed by atoms with Crippen molar-refractivity contribution in [3.63, 3.8) is 0 Å². The quantitative estimate of drug-likeness (QED) is 0.794. The molecule has 1 atom stereocenters. The molecule has 0 fully saturated rings. The number of aryl methyl sites for hydroxylation is 2. The lowest BCUT2D eigenvalue weighted by Gasteiger charge is -2.15. The monoisotopic (exact) mass is 210 g/mol. The molecule has 1 N–H and O–H groups in total. The first-order valence-corrected chi connectivity index (χ1v) is 5.10. The third kappa shape index (κ3) is 3.43. The molecule has 0 aliphatic rings. The van der Waals surface area contributed by atoms with Crippen LogP contribution < -0.4 is 5.32 Å². The van der Waals surface area contributed by atoms with Gasteiger partial charge in [0.05, 0.1) is 24.0 Å². The van der Waals surface area contributed by atoms with Gasteiger partial charge in [-0.2, -0.15) is 5.10 Å². The minimum absolute atomic E-state index is 0.235. The third-order valence-corrected chi connectivity index (χ3v) is 2.29. The van der Waals surface area contributed by atoms with Crippen LogP contribution in [0.4, 0.5) is 5.95 Å². The molecule has 1 rings (SSSR count). The van der Waals surface area contributed by atoms with Crippen LogP contribution in [0.5, 0.6) is 0 Å². The normalized spacial score (nSPS) is 12.5. The van der Waals surface area contributed by atoms with Crippen molar-refractivity contribution in [1.29, 1.82) is 0 Å². The van der Waals surface area contributed by atoms with Gasteiger partial charge in [0, 0.05) is 7.11 Å². The van der Waals surface area contributed by atoms with Crippen molar-refractivity contribution in [3.05, 3.63) is 11.4 Å². The summed E-state index contributed by atoms with van der Waals surface area (Å²) in [6, 6.07) is 0.235. The molecule has 0 amide bonds. The summed E-state index contributed by atoms with van der Waals surface area (Å²) >= 11 is 0. The van der Waals surface area contributed by atoms with Crippen molar-refractivity contribution in [1.82, 2.24) is 15.2 Å². The highest BCUT2D eigenvalue weighted by Gasteiger charge is 2.08. The lowest BCUT2D eigenvalue weighted by Crippen LogP contribution is -2.25. The van der Waals surface area contributed by atoms with E-state index in [1.165, 1.54) is 0 Å². The van der Waals surface area contributed by atoms with Crippen molar-refractivity contribution in [2.24, 2.45) is 0 Å². The minimum atomic E-state index is 0.235. The molecule has 0 aliphatic heterocycles. The van der Waals surface area contributed by atoms with E-state index in [-0.39, 0.29) is 6.04 Å². The SMILES string of the molecule is CCC(COC)Nc1nnc(C)c(C)n1. The number of aromatic nitrogens is 3. The van der Waals surface area contributed by atoms with E-state index in [0.29, 0.717) is 12.6 Å². The van der Waals surface area contributed by atoms with Crippen LogP contribution in [0.2, 0.25) is 0 Å². The van der Waals surface area contributed by atoms with Gasteiger partial charge in [0.1, 0.15) is 0 Å². The molecule has 1 aromatic rings. The Kier molecular flexibility index (Phi) is 4.42. The van der Waals surface area contributed by atoms with Crippen molar-refractivity contribution in [3.8, 4) is 0 Å². The van der Waals surface area contributed by atoms with E-state index in [0.717, 1.165) is 17.8 Å². The first kappa shape index (κ1) is 11.8. The van der Waals surface area contributed by atoms with E-state index in [1.807, 2.05) is 13.8 Å². The van der Waals surface area contributed by atoms with Gasteiger partial charge in [-0.1, -0.05) is 6.92 Å². The third-order valence-electron chi connectivity index (χ3n) is 2.29. The van der Waals surface area contributed by atoms with Crippen LogP contribution in [0.3, 0.4) is 0 Å². The van der Waals surface area contributed by atoms with E-state index >= 15 is 0 Å². The van der Waals surface area contributed by atoms with Gasteiger partial charge in [-0.05, 0) is 20.3 Å². The Hall–Kier alpha value is -1.23. The molecule has 0 aromatic carbocycles. The van der Waals surface area contributed by atoms with Gasteiger partial charge in [-0.25, -0.2) is 4.98 Å². The molecule has 0 radical (unpaired) electrons. The molecule has 5 nitrogen and oxygen atoms in total. The average Bonchev–Trinajstić information content (AvgIpc) is 2.23. The molecule has 0 bridgehead atoms. The number of rotatable bonds is 5. The first-order chi connectivity index (χ1) is 7.17. The van der Waals surface area contributed by atoms with E-state index in [2.05, 4.69) is 27.4 Å². The zero-order valence-corrected chi connectivity index (χ0v) is 9.74. The fraction of sp³-hybridized carbons (Fsp3) is 0.700. The molecule has 0 aliphatic carbocycles. The van der Waals surface area contributed by atoms with Crippen LogP contribution in [0, 0.1) is 13.8 Å². The Morgan fingerprint density at radius 3 is 2.53 bits per heavy atom. The molecule has 1 heterocycles. The van der Waals surface area contributed by atoms with Crippen LogP contribution >= 0.6 is 0 Å². The largest absolute Gasteiger partial charge is 0.383 e. The second kappa shape index (κ2) is 5.60. The standard InChI is InChI=1S/C10H18N4O/c1-5-9(6-15-4)12-10-11-7(2)8(3)13-14-10/h9H,5-6H2,1-4H3,(H,11,12,14). The maximum absolute atomic E-state index is 5.08. The Morgan fingerprint density at radius 1 is 1.27 bits per heavy atom. The summed E-state index contributed by atoms with van der Waals surface area (Å²) in [5, 5.41) is 11.2. The Labute approximate surface area is 90.3 Å². The Morgan fingerprint density at radius 2 is 2.00 bits per heavy atom. The van der Waals surface area contributed by atoms with Gasteiger partial charge in [-0.15, -0.1) is 5.10 Å². The smallest absolute Gasteiger partial charge is 0.243 e. The predicted molar refractivity (Wildman–Crippen MR) is 58.9 cm³/mol. The van der Waals surface area contributed by atoms with Crippen LogP contribution in [-0.2, 0) is 4.74 Å². The number of anilines is 1. The van der Waals surface area contributed by atoms with Gasteiger partial charge in [0.2, 0.25) is 5.95 Å². The van der Waals surface area contributed by atoms with Gasteiger partial charge in [0.15, 0.2) is 0 Å². The lowest BCUT2D eigenvalue weighted by atomic mass is 10.2. The van der Waals surface area contributed by atoms with Crippen LogP contribution in [0.15, 0.2) is 0 Å². The molecule has 0 saturated heterocycles. The number of nitrogens with one attached hydrogen (secondary N) is 1. The van der Waals surface area contributed by atoms with Crippen LogP contribution in [0.1, 0.15) is 24.7 Å². The highest BCUT2D eigenvalue weighted by atomic mass is 16.5. The molecular weight excluding hydrogens is 192 g/mol. The summed E-state index contributed by atoms with van der Waals surface area (Å²) in [4.78, 5) is 4.30. The summed E-state index contributed by atoms with van der Waals surface area (Å²) < 4.78 is 5.08. The van der Waals surface area contributed by atoms with Crippen LogP contribution in [-0.4, -0.2) is 34.9 Å². The second-order valence-electron chi connectivity index (χ2n) is 3.51. The lowest BCUT2D eigenvalue weighted by molar-refractivity contribution is 0.184. The summed E-state index contributed by atoms with van der Waals surface area (Å²) in [5.74, 6) is 0.571. The molecule has 15 heavy (non-hydrogen) atoms. The summed E-state index contributed by atoms with van der Waals surface area (Å²) in [6.07, 6.45) is 0.962. The number of hydrogen-bond acceptors (Lipinski definition) is 5. The van der Waals surface area contributed by atoms with Gasteiger partial charge >= 0.3 is 0 Å². The first-order valence-electron chi connectivity index (χ1n) is 5.10. The number of nitrogens with zero attached hydrogens (tertiary/aromatic N) is 3. The van der Waals surface area contributed by atoms with Gasteiger partial charge in [-0.3, -0.25) is 0 Å². The predicted octanol–water partition coefficient (Wildman–Crippen LogP) is 1.33. The Bertz CT molecular complexity index is 316. The average molecular weight is 210 g/mol.